The van der Waals surface area contributed by atoms with E-state index in [2.05, 4.69) is 10.2 Å². The maximum absolute atomic E-state index is 11.0. The Bertz CT molecular complexity index is 693. The molecule has 0 saturated carbocycles. The molecule has 2 heterocycles. The van der Waals surface area contributed by atoms with Crippen LogP contribution in [0.3, 0.4) is 0 Å². The first-order valence-corrected chi connectivity index (χ1v) is 7.77. The molecule has 0 bridgehead atoms. The van der Waals surface area contributed by atoms with Crippen LogP contribution in [0.4, 0.5) is 4.79 Å². The molecule has 0 atom stereocenters. The molecule has 122 valence electrons. The molecule has 8 heteroatoms. The Morgan fingerprint density at radius 2 is 1.87 bits per heavy atom. The zero-order valence-electron chi connectivity index (χ0n) is 12.4. The number of aromatic nitrogens is 3. The first-order chi connectivity index (χ1) is 11.1. The Morgan fingerprint density at radius 3 is 2.43 bits per heavy atom. The average Bonchev–Trinajstić information content (AvgIpc) is 2.99. The summed E-state index contributed by atoms with van der Waals surface area (Å²) in [6, 6.07) is 7.24. The van der Waals surface area contributed by atoms with E-state index in [4.69, 9.17) is 16.7 Å². The number of amides is 1. The van der Waals surface area contributed by atoms with Crippen molar-refractivity contribution in [3.05, 3.63) is 40.9 Å². The lowest BCUT2D eigenvalue weighted by Crippen LogP contribution is -2.37. The number of piperidine rings is 1. The third-order valence-electron chi connectivity index (χ3n) is 4.11. The summed E-state index contributed by atoms with van der Waals surface area (Å²) < 4.78 is 1.83. The number of rotatable bonds is 3. The number of halogens is 1. The van der Waals surface area contributed by atoms with Crippen LogP contribution in [0.1, 0.15) is 30.4 Å². The molecule has 1 aliphatic rings. The second-order valence-electron chi connectivity index (χ2n) is 5.49. The fraction of sp³-hybridized carbons (Fsp3) is 0.400. The lowest BCUT2D eigenvalue weighted by molar-refractivity contribution is 0.131. The highest BCUT2D eigenvalue weighted by atomic mass is 35.5. The van der Waals surface area contributed by atoms with Crippen LogP contribution >= 0.6 is 11.6 Å². The van der Waals surface area contributed by atoms with Gasteiger partial charge in [0, 0.05) is 29.7 Å². The van der Waals surface area contributed by atoms with Gasteiger partial charge in [-0.1, -0.05) is 11.6 Å². The summed E-state index contributed by atoms with van der Waals surface area (Å²) in [5.74, 6) is 1.32. The highest BCUT2D eigenvalue weighted by molar-refractivity contribution is 6.30. The highest BCUT2D eigenvalue weighted by Gasteiger charge is 2.28. The van der Waals surface area contributed by atoms with Gasteiger partial charge in [0.25, 0.3) is 0 Å². The molecule has 1 fully saturated rings. The Balaban J connectivity index is 1.90. The molecule has 0 spiro atoms. The van der Waals surface area contributed by atoms with Crippen molar-refractivity contribution < 1.29 is 15.0 Å². The van der Waals surface area contributed by atoms with Crippen LogP contribution in [0.15, 0.2) is 24.3 Å². The number of carbonyl (C=O) groups is 1. The fourth-order valence-electron chi connectivity index (χ4n) is 2.90. The smallest absolute Gasteiger partial charge is 0.407 e. The van der Waals surface area contributed by atoms with Gasteiger partial charge in [-0.3, -0.25) is 4.57 Å². The van der Waals surface area contributed by atoms with E-state index in [1.165, 1.54) is 4.90 Å². The lowest BCUT2D eigenvalue weighted by atomic mass is 9.96. The monoisotopic (exact) mass is 336 g/mol. The SMILES string of the molecule is O=C(O)N1CCC(c2nnc(CO)n2-c2ccc(Cl)cc2)CC1. The van der Waals surface area contributed by atoms with Crippen LogP contribution in [-0.2, 0) is 6.61 Å². The highest BCUT2D eigenvalue weighted by Crippen LogP contribution is 2.29. The van der Waals surface area contributed by atoms with E-state index in [9.17, 15) is 9.90 Å². The molecule has 2 aromatic rings. The molecule has 1 amide bonds. The average molecular weight is 337 g/mol. The summed E-state index contributed by atoms with van der Waals surface area (Å²) in [5, 5.41) is 27.5. The summed E-state index contributed by atoms with van der Waals surface area (Å²) in [6.07, 6.45) is 0.478. The normalized spacial score (nSPS) is 15.8. The van der Waals surface area contributed by atoms with E-state index in [1.54, 1.807) is 12.1 Å². The molecule has 3 rings (SSSR count). The number of benzene rings is 1. The predicted octanol–water partition coefficient (Wildman–Crippen LogP) is 2.27. The van der Waals surface area contributed by atoms with Crippen molar-refractivity contribution in [3.63, 3.8) is 0 Å². The molecular formula is C15H17ClN4O3. The van der Waals surface area contributed by atoms with Crippen LogP contribution in [0.25, 0.3) is 5.69 Å². The number of aliphatic hydroxyl groups is 1. The first kappa shape index (κ1) is 15.8. The van der Waals surface area contributed by atoms with Crippen molar-refractivity contribution in [2.75, 3.05) is 13.1 Å². The molecule has 0 aliphatic carbocycles. The van der Waals surface area contributed by atoms with E-state index >= 15 is 0 Å². The first-order valence-electron chi connectivity index (χ1n) is 7.39. The summed E-state index contributed by atoms with van der Waals surface area (Å²) in [6.45, 7) is 0.730. The number of hydrogen-bond acceptors (Lipinski definition) is 4. The van der Waals surface area contributed by atoms with E-state index in [0.29, 0.717) is 36.8 Å². The fourth-order valence-corrected chi connectivity index (χ4v) is 3.02. The van der Waals surface area contributed by atoms with Crippen LogP contribution in [0, 0.1) is 0 Å². The molecule has 7 nitrogen and oxygen atoms in total. The van der Waals surface area contributed by atoms with Crippen molar-refractivity contribution in [2.45, 2.75) is 25.4 Å². The molecule has 2 N–H and O–H groups in total. The molecular weight excluding hydrogens is 320 g/mol. The number of likely N-dealkylation sites (tertiary alicyclic amines) is 1. The second-order valence-corrected chi connectivity index (χ2v) is 5.92. The number of nitrogens with zero attached hydrogens (tertiary/aromatic N) is 4. The number of aliphatic hydroxyl groups excluding tert-OH is 1. The molecule has 1 saturated heterocycles. The minimum atomic E-state index is -0.890. The number of carboxylic acid groups (broad SMARTS) is 1. The topological polar surface area (TPSA) is 91.5 Å². The van der Waals surface area contributed by atoms with E-state index < -0.39 is 6.09 Å². The van der Waals surface area contributed by atoms with Gasteiger partial charge in [-0.15, -0.1) is 10.2 Å². The molecule has 1 aliphatic heterocycles. The summed E-state index contributed by atoms with van der Waals surface area (Å²) in [4.78, 5) is 12.4. The summed E-state index contributed by atoms with van der Waals surface area (Å²) in [5.41, 5.74) is 0.833. The Labute approximate surface area is 138 Å². The van der Waals surface area contributed by atoms with Crippen molar-refractivity contribution in [1.82, 2.24) is 19.7 Å². The third kappa shape index (κ3) is 3.16. The minimum absolute atomic E-state index is 0.106. The van der Waals surface area contributed by atoms with Gasteiger partial charge < -0.3 is 15.1 Å². The van der Waals surface area contributed by atoms with E-state index in [1.807, 2.05) is 16.7 Å². The Morgan fingerprint density at radius 1 is 1.22 bits per heavy atom. The van der Waals surface area contributed by atoms with Crippen LogP contribution in [-0.4, -0.2) is 49.1 Å². The molecule has 23 heavy (non-hydrogen) atoms. The maximum atomic E-state index is 11.0. The molecule has 0 unspecified atom stereocenters. The van der Waals surface area contributed by atoms with Crippen molar-refractivity contribution in [3.8, 4) is 5.69 Å². The Kier molecular flexibility index (Phi) is 4.49. The molecule has 1 aromatic heterocycles. The van der Waals surface area contributed by atoms with Gasteiger partial charge in [-0.25, -0.2) is 4.79 Å². The van der Waals surface area contributed by atoms with Gasteiger partial charge in [-0.2, -0.15) is 0 Å². The standard InChI is InChI=1S/C15H17ClN4O3/c16-11-1-3-12(4-2-11)20-13(9-21)17-18-14(20)10-5-7-19(8-6-10)15(22)23/h1-4,10,21H,5-9H2,(H,22,23). The zero-order chi connectivity index (χ0) is 16.4. The van der Waals surface area contributed by atoms with E-state index in [-0.39, 0.29) is 12.5 Å². The van der Waals surface area contributed by atoms with Crippen LogP contribution in [0.2, 0.25) is 5.02 Å². The van der Waals surface area contributed by atoms with Gasteiger partial charge >= 0.3 is 6.09 Å². The van der Waals surface area contributed by atoms with Gasteiger partial charge in [0.15, 0.2) is 5.82 Å². The van der Waals surface area contributed by atoms with Gasteiger partial charge in [0.2, 0.25) is 0 Å². The van der Waals surface area contributed by atoms with Crippen LogP contribution < -0.4 is 0 Å². The van der Waals surface area contributed by atoms with Gasteiger partial charge in [0.1, 0.15) is 12.4 Å². The lowest BCUT2D eigenvalue weighted by Gasteiger charge is -2.29. The minimum Gasteiger partial charge on any atom is -0.465 e. The molecule has 0 radical (unpaired) electrons. The Hall–Kier alpha value is -2.12. The van der Waals surface area contributed by atoms with Gasteiger partial charge in [-0.05, 0) is 37.1 Å². The predicted molar refractivity (Wildman–Crippen MR) is 83.9 cm³/mol. The van der Waals surface area contributed by atoms with Crippen molar-refractivity contribution in [2.24, 2.45) is 0 Å². The van der Waals surface area contributed by atoms with Crippen molar-refractivity contribution in [1.29, 1.82) is 0 Å². The van der Waals surface area contributed by atoms with Crippen LogP contribution in [0.5, 0.6) is 0 Å². The maximum Gasteiger partial charge on any atom is 0.407 e. The second kappa shape index (κ2) is 6.55. The quantitative estimate of drug-likeness (QED) is 0.897. The summed E-state index contributed by atoms with van der Waals surface area (Å²) in [7, 11) is 0. The van der Waals surface area contributed by atoms with Gasteiger partial charge in [0.05, 0.1) is 0 Å². The third-order valence-corrected chi connectivity index (χ3v) is 4.36. The number of hydrogen-bond donors (Lipinski definition) is 2. The largest absolute Gasteiger partial charge is 0.465 e. The molecule has 1 aromatic carbocycles. The van der Waals surface area contributed by atoms with E-state index in [0.717, 1.165) is 11.5 Å². The van der Waals surface area contributed by atoms with Crippen molar-refractivity contribution >= 4 is 17.7 Å². The zero-order valence-corrected chi connectivity index (χ0v) is 13.1. The summed E-state index contributed by atoms with van der Waals surface area (Å²) >= 11 is 5.93.